The molecular formula is C12H28N2O. The Morgan fingerprint density at radius 2 is 1.93 bits per heavy atom. The molecule has 0 aromatic carbocycles. The molecule has 0 aliphatic carbocycles. The second-order valence-corrected chi connectivity index (χ2v) is 4.77. The third-order valence-electron chi connectivity index (χ3n) is 2.66. The SMILES string of the molecule is COCCN(C)CC(C)CCCC(C)N. The molecule has 0 fully saturated rings. The van der Waals surface area contributed by atoms with Crippen molar-refractivity contribution in [3.8, 4) is 0 Å². The molecule has 0 rings (SSSR count). The van der Waals surface area contributed by atoms with E-state index in [0.29, 0.717) is 6.04 Å². The summed E-state index contributed by atoms with van der Waals surface area (Å²) in [5.41, 5.74) is 5.72. The van der Waals surface area contributed by atoms with E-state index < -0.39 is 0 Å². The van der Waals surface area contributed by atoms with Gasteiger partial charge >= 0.3 is 0 Å². The molecule has 2 unspecified atom stereocenters. The van der Waals surface area contributed by atoms with Gasteiger partial charge < -0.3 is 15.4 Å². The van der Waals surface area contributed by atoms with Crippen molar-refractivity contribution in [2.75, 3.05) is 33.9 Å². The third kappa shape index (κ3) is 10.2. The Morgan fingerprint density at radius 3 is 2.47 bits per heavy atom. The maximum absolute atomic E-state index is 5.72. The fourth-order valence-electron chi connectivity index (χ4n) is 1.75. The Kier molecular flexibility index (Phi) is 9.06. The van der Waals surface area contributed by atoms with Crippen molar-refractivity contribution in [1.29, 1.82) is 0 Å². The van der Waals surface area contributed by atoms with Crippen LogP contribution in [0, 0.1) is 5.92 Å². The van der Waals surface area contributed by atoms with Gasteiger partial charge in [0.2, 0.25) is 0 Å². The molecule has 92 valence electrons. The zero-order valence-electron chi connectivity index (χ0n) is 10.8. The molecule has 2 N–H and O–H groups in total. The first kappa shape index (κ1) is 14.9. The summed E-state index contributed by atoms with van der Waals surface area (Å²) in [6.07, 6.45) is 3.67. The topological polar surface area (TPSA) is 38.5 Å². The fourth-order valence-corrected chi connectivity index (χ4v) is 1.75. The lowest BCUT2D eigenvalue weighted by Gasteiger charge is -2.21. The summed E-state index contributed by atoms with van der Waals surface area (Å²) in [5, 5.41) is 0. The second-order valence-electron chi connectivity index (χ2n) is 4.77. The number of likely N-dealkylation sites (N-methyl/N-ethyl adjacent to an activating group) is 1. The van der Waals surface area contributed by atoms with E-state index in [-0.39, 0.29) is 0 Å². The molecule has 2 atom stereocenters. The maximum Gasteiger partial charge on any atom is 0.0589 e. The molecule has 0 amide bonds. The molecule has 0 aliphatic heterocycles. The van der Waals surface area contributed by atoms with Crippen molar-refractivity contribution in [3.63, 3.8) is 0 Å². The molecule has 3 heteroatoms. The van der Waals surface area contributed by atoms with Crippen LogP contribution >= 0.6 is 0 Å². The molecule has 0 radical (unpaired) electrons. The van der Waals surface area contributed by atoms with Crippen LogP contribution in [0.2, 0.25) is 0 Å². The lowest BCUT2D eigenvalue weighted by molar-refractivity contribution is 0.152. The van der Waals surface area contributed by atoms with Gasteiger partial charge in [-0.25, -0.2) is 0 Å². The highest BCUT2D eigenvalue weighted by Gasteiger charge is 2.06. The molecule has 3 nitrogen and oxygen atoms in total. The average molecular weight is 216 g/mol. The van der Waals surface area contributed by atoms with Crippen LogP contribution in [0.4, 0.5) is 0 Å². The number of nitrogens with zero attached hydrogens (tertiary/aromatic N) is 1. The summed E-state index contributed by atoms with van der Waals surface area (Å²) in [6.45, 7) is 7.39. The largest absolute Gasteiger partial charge is 0.383 e. The second kappa shape index (κ2) is 9.13. The highest BCUT2D eigenvalue weighted by molar-refractivity contribution is 4.61. The minimum Gasteiger partial charge on any atom is -0.383 e. The molecule has 0 spiro atoms. The van der Waals surface area contributed by atoms with Gasteiger partial charge in [-0.1, -0.05) is 13.3 Å². The van der Waals surface area contributed by atoms with Gasteiger partial charge in [0.15, 0.2) is 0 Å². The van der Waals surface area contributed by atoms with Gasteiger partial charge in [0.05, 0.1) is 6.61 Å². The van der Waals surface area contributed by atoms with Crippen molar-refractivity contribution in [1.82, 2.24) is 4.90 Å². The van der Waals surface area contributed by atoms with E-state index in [1.54, 1.807) is 7.11 Å². The normalized spacial score (nSPS) is 15.6. The van der Waals surface area contributed by atoms with Crippen molar-refractivity contribution in [2.45, 2.75) is 39.2 Å². The van der Waals surface area contributed by atoms with E-state index >= 15 is 0 Å². The Balaban J connectivity index is 3.42. The smallest absolute Gasteiger partial charge is 0.0589 e. The molecule has 0 aromatic heterocycles. The van der Waals surface area contributed by atoms with Crippen LogP contribution in [0.3, 0.4) is 0 Å². The zero-order chi connectivity index (χ0) is 11.7. The van der Waals surface area contributed by atoms with Crippen molar-refractivity contribution in [3.05, 3.63) is 0 Å². The van der Waals surface area contributed by atoms with Crippen LogP contribution in [0.15, 0.2) is 0 Å². The van der Waals surface area contributed by atoms with Gasteiger partial charge in [-0.05, 0) is 32.7 Å². The summed E-state index contributed by atoms with van der Waals surface area (Å²) in [6, 6.07) is 0.350. The molecular weight excluding hydrogens is 188 g/mol. The van der Waals surface area contributed by atoms with Crippen molar-refractivity contribution < 1.29 is 4.74 Å². The highest BCUT2D eigenvalue weighted by Crippen LogP contribution is 2.09. The van der Waals surface area contributed by atoms with E-state index in [1.165, 1.54) is 12.8 Å². The number of ether oxygens (including phenoxy) is 1. The lowest BCUT2D eigenvalue weighted by Crippen LogP contribution is -2.28. The predicted molar refractivity (Wildman–Crippen MR) is 66.0 cm³/mol. The first-order valence-electron chi connectivity index (χ1n) is 5.99. The summed E-state index contributed by atoms with van der Waals surface area (Å²) >= 11 is 0. The fraction of sp³-hybridized carbons (Fsp3) is 1.00. The van der Waals surface area contributed by atoms with Crippen LogP contribution in [-0.2, 0) is 4.74 Å². The Labute approximate surface area is 95.0 Å². The summed E-state index contributed by atoms with van der Waals surface area (Å²) in [7, 11) is 3.90. The van der Waals surface area contributed by atoms with Crippen molar-refractivity contribution in [2.24, 2.45) is 11.7 Å². The number of rotatable bonds is 9. The molecule has 0 bridgehead atoms. The number of methoxy groups -OCH3 is 1. The van der Waals surface area contributed by atoms with E-state index in [1.807, 2.05) is 0 Å². The van der Waals surface area contributed by atoms with E-state index in [4.69, 9.17) is 10.5 Å². The molecule has 0 saturated carbocycles. The van der Waals surface area contributed by atoms with Gasteiger partial charge in [-0.15, -0.1) is 0 Å². The monoisotopic (exact) mass is 216 g/mol. The average Bonchev–Trinajstić information content (AvgIpc) is 2.14. The Morgan fingerprint density at radius 1 is 1.27 bits per heavy atom. The van der Waals surface area contributed by atoms with E-state index in [2.05, 4.69) is 25.8 Å². The van der Waals surface area contributed by atoms with Crippen LogP contribution in [0.5, 0.6) is 0 Å². The van der Waals surface area contributed by atoms with Gasteiger partial charge in [0, 0.05) is 26.2 Å². The van der Waals surface area contributed by atoms with Crippen LogP contribution < -0.4 is 5.73 Å². The number of nitrogens with two attached hydrogens (primary N) is 1. The van der Waals surface area contributed by atoms with Gasteiger partial charge in [0.25, 0.3) is 0 Å². The molecule has 0 heterocycles. The van der Waals surface area contributed by atoms with Crippen LogP contribution in [0.1, 0.15) is 33.1 Å². The number of hydrogen-bond acceptors (Lipinski definition) is 3. The van der Waals surface area contributed by atoms with Crippen molar-refractivity contribution >= 4 is 0 Å². The third-order valence-corrected chi connectivity index (χ3v) is 2.66. The molecule has 0 aromatic rings. The lowest BCUT2D eigenvalue weighted by atomic mass is 10.0. The predicted octanol–water partition coefficient (Wildman–Crippen LogP) is 1.72. The number of hydrogen-bond donors (Lipinski definition) is 1. The summed E-state index contributed by atoms with van der Waals surface area (Å²) < 4.78 is 5.05. The quantitative estimate of drug-likeness (QED) is 0.638. The standard InChI is InChI=1S/C12H28N2O/c1-11(6-5-7-12(2)13)10-14(3)8-9-15-4/h11-12H,5-10,13H2,1-4H3. The van der Waals surface area contributed by atoms with Crippen LogP contribution in [-0.4, -0.2) is 44.8 Å². The molecule has 15 heavy (non-hydrogen) atoms. The van der Waals surface area contributed by atoms with Gasteiger partial charge in [-0.3, -0.25) is 0 Å². The van der Waals surface area contributed by atoms with E-state index in [9.17, 15) is 0 Å². The molecule has 0 aliphatic rings. The highest BCUT2D eigenvalue weighted by atomic mass is 16.5. The summed E-state index contributed by atoms with van der Waals surface area (Å²) in [5.74, 6) is 0.755. The van der Waals surface area contributed by atoms with Gasteiger partial charge in [-0.2, -0.15) is 0 Å². The maximum atomic E-state index is 5.72. The van der Waals surface area contributed by atoms with Gasteiger partial charge in [0.1, 0.15) is 0 Å². The molecule has 0 saturated heterocycles. The Bertz CT molecular complexity index is 140. The van der Waals surface area contributed by atoms with E-state index in [0.717, 1.165) is 32.0 Å². The summed E-state index contributed by atoms with van der Waals surface area (Å²) in [4.78, 5) is 2.33. The minimum absolute atomic E-state index is 0.350. The minimum atomic E-state index is 0.350. The first-order valence-corrected chi connectivity index (χ1v) is 5.99. The first-order chi connectivity index (χ1) is 7.06. The van der Waals surface area contributed by atoms with Crippen LogP contribution in [0.25, 0.3) is 0 Å². The zero-order valence-corrected chi connectivity index (χ0v) is 10.8. The Hall–Kier alpha value is -0.120.